The molecule has 1 amide bonds. The van der Waals surface area contributed by atoms with E-state index in [0.29, 0.717) is 29.8 Å². The first-order chi connectivity index (χ1) is 50.3. The van der Waals surface area contributed by atoms with Gasteiger partial charge in [0.2, 0.25) is 0 Å². The van der Waals surface area contributed by atoms with Crippen molar-refractivity contribution in [3.63, 3.8) is 0 Å². The summed E-state index contributed by atoms with van der Waals surface area (Å²) >= 11 is 12.2. The summed E-state index contributed by atoms with van der Waals surface area (Å²) in [6, 6.07) is 143. The Hall–Kier alpha value is -9.48. The fourth-order valence-electron chi connectivity index (χ4n) is 12.0. The summed E-state index contributed by atoms with van der Waals surface area (Å²) in [6.45, 7) is 1.35. The van der Waals surface area contributed by atoms with Crippen LogP contribution in [0.25, 0.3) is 16.6 Å². The maximum Gasteiger partial charge on any atom is 0.407 e. The van der Waals surface area contributed by atoms with E-state index in [1.165, 1.54) is 68.6 Å². The van der Waals surface area contributed by atoms with E-state index in [1.54, 1.807) is 6.07 Å². The summed E-state index contributed by atoms with van der Waals surface area (Å²) < 4.78 is 2.13. The Morgan fingerprint density at radius 1 is 0.340 bits per heavy atom. The predicted molar refractivity (Wildman–Crippen MR) is 443 cm³/mol. The van der Waals surface area contributed by atoms with Crippen molar-refractivity contribution in [1.29, 1.82) is 0 Å². The van der Waals surface area contributed by atoms with Crippen LogP contribution in [0, 0.1) is 0 Å². The van der Waals surface area contributed by atoms with Crippen LogP contribution in [0.4, 0.5) is 4.79 Å². The number of pyridine rings is 1. The van der Waals surface area contributed by atoms with E-state index < -0.39 is 37.8 Å². The van der Waals surface area contributed by atoms with Gasteiger partial charge in [0.15, 0.2) is 0 Å². The molecule has 15 aromatic rings. The van der Waals surface area contributed by atoms with Crippen molar-refractivity contribution in [2.24, 2.45) is 0 Å². The SMILES string of the molecule is O=C(O)N1CC=C(c2cc3nc(Cl)ccc3n2Cc2cccc(Cl)c2)C1.[Pd].c1ccc(P(c2ccccc2)c2ccccc2)cc1.c1ccc(P(c2ccccc2)c2ccccc2)cc1.c1ccc(P(c2ccccc2)c2ccccc2)cc1.c1ccc(P(c2ccccc2)c2ccccc2)cc1. The van der Waals surface area contributed by atoms with Crippen LogP contribution >= 0.6 is 54.9 Å². The number of carbonyl (C=O) groups is 1. The van der Waals surface area contributed by atoms with Crippen molar-refractivity contribution < 1.29 is 30.3 Å². The minimum atomic E-state index is -0.921. The second-order valence-corrected chi connectivity index (χ2v) is 33.2. The maximum atomic E-state index is 11.3. The zero-order valence-electron chi connectivity index (χ0n) is 56.4. The first-order valence-electron chi connectivity index (χ1n) is 33.7. The molecule has 1 aliphatic rings. The van der Waals surface area contributed by atoms with Crippen LogP contribution in [0.5, 0.6) is 0 Å². The number of hydrogen-bond acceptors (Lipinski definition) is 2. The van der Waals surface area contributed by atoms with Crippen LogP contribution in [-0.2, 0) is 27.0 Å². The van der Waals surface area contributed by atoms with Gasteiger partial charge >= 0.3 is 6.09 Å². The molecular weight excluding hydrogens is 1470 g/mol. The number of halogens is 2. The van der Waals surface area contributed by atoms with Crippen LogP contribution in [0.3, 0.4) is 0 Å². The summed E-state index contributed by atoms with van der Waals surface area (Å²) in [6.07, 6.45) is 1.02. The molecule has 12 heteroatoms. The molecule has 1 N–H and O–H groups in total. The van der Waals surface area contributed by atoms with Gasteiger partial charge in [-0.1, -0.05) is 405 Å². The predicted octanol–water partition coefficient (Wildman–Crippen LogP) is 18.5. The maximum absolute atomic E-state index is 11.3. The van der Waals surface area contributed by atoms with Gasteiger partial charge in [0.05, 0.1) is 17.6 Å². The number of amides is 1. The van der Waals surface area contributed by atoms with Crippen molar-refractivity contribution in [3.8, 4) is 0 Å². The van der Waals surface area contributed by atoms with Crippen molar-refractivity contribution in [1.82, 2.24) is 14.5 Å². The molecule has 0 bridgehead atoms. The Bertz CT molecular complexity index is 4170. The van der Waals surface area contributed by atoms with E-state index in [2.05, 4.69) is 374 Å². The van der Waals surface area contributed by atoms with Crippen molar-refractivity contribution in [2.75, 3.05) is 13.1 Å². The van der Waals surface area contributed by atoms with Gasteiger partial charge in [-0.2, -0.15) is 0 Å². The molecule has 0 atom stereocenters. The summed E-state index contributed by atoms with van der Waals surface area (Å²) in [5.41, 5.74) is 4.69. The summed E-state index contributed by atoms with van der Waals surface area (Å²) in [5.74, 6) is 0. The van der Waals surface area contributed by atoms with Crippen LogP contribution in [0.15, 0.2) is 413 Å². The molecule has 16 rings (SSSR count). The van der Waals surface area contributed by atoms with E-state index in [9.17, 15) is 9.90 Å². The number of benzene rings is 13. The van der Waals surface area contributed by atoms with Crippen LogP contribution in [0.1, 0.15) is 11.3 Å². The minimum absolute atomic E-state index is 0. The molecule has 1 aliphatic heterocycles. The Morgan fingerprint density at radius 2 is 0.602 bits per heavy atom. The van der Waals surface area contributed by atoms with E-state index in [0.717, 1.165) is 27.9 Å². The normalized spacial score (nSPS) is 11.4. The molecule has 0 saturated carbocycles. The minimum Gasteiger partial charge on any atom is -0.465 e. The van der Waals surface area contributed by atoms with Gasteiger partial charge in [-0.05, 0) is 137 Å². The van der Waals surface area contributed by atoms with Gasteiger partial charge in [-0.3, -0.25) is 0 Å². The fraction of sp³-hybridized carbons (Fsp3) is 0.0330. The first-order valence-corrected chi connectivity index (χ1v) is 39.8. The molecule has 103 heavy (non-hydrogen) atoms. The third-order valence-corrected chi connectivity index (χ3v) is 26.9. The molecule has 510 valence electrons. The van der Waals surface area contributed by atoms with Crippen LogP contribution in [-0.4, -0.2) is 38.7 Å². The molecule has 0 saturated heterocycles. The largest absolute Gasteiger partial charge is 0.465 e. The monoisotopic (exact) mass is 1540 g/mol. The Balaban J connectivity index is 0.000000130. The van der Waals surface area contributed by atoms with Crippen molar-refractivity contribution in [3.05, 3.63) is 434 Å². The van der Waals surface area contributed by atoms with E-state index in [-0.39, 0.29) is 20.4 Å². The van der Waals surface area contributed by atoms with Crippen molar-refractivity contribution in [2.45, 2.75) is 6.54 Å². The summed E-state index contributed by atoms with van der Waals surface area (Å²) in [4.78, 5) is 17.0. The molecule has 0 fully saturated rings. The molecule has 0 aliphatic carbocycles. The number of nitrogens with zero attached hydrogens (tertiary/aromatic N) is 3. The molecule has 13 aromatic carbocycles. The quantitative estimate of drug-likeness (QED) is 0.0632. The molecular formula is C91H75Cl2N3O2P4Pd. The standard InChI is InChI=1S/C19H15Cl2N3O2.4C18H15P.Pd/c20-14-3-1-2-12(8-14)10-24-16-4-5-18(21)22-15(16)9-17(24)13-6-7-23(11-13)19(25)26;4*1-4-10-16(11-5-1)19(17-12-6-2-7-13-17)18-14-8-3-9-15-18;/h1-6,8-9H,7,10-11H2,(H,25,26);4*1-15H;. The number of rotatable bonds is 15. The van der Waals surface area contributed by atoms with E-state index >= 15 is 0 Å². The Kier molecular flexibility index (Phi) is 28.5. The van der Waals surface area contributed by atoms with Crippen LogP contribution in [0.2, 0.25) is 10.2 Å². The summed E-state index contributed by atoms with van der Waals surface area (Å²) in [7, 11) is -1.78. The number of hydrogen-bond donors (Lipinski definition) is 1. The van der Waals surface area contributed by atoms with Gasteiger partial charge < -0.3 is 14.6 Å². The zero-order valence-corrected chi connectivity index (χ0v) is 63.1. The average Bonchev–Trinajstić information content (AvgIpc) is 1.63. The molecule has 2 aromatic heterocycles. The van der Waals surface area contributed by atoms with Gasteiger partial charge in [0.25, 0.3) is 0 Å². The molecule has 0 radical (unpaired) electrons. The fourth-order valence-corrected chi connectivity index (χ4v) is 21.6. The molecule has 5 nitrogen and oxygen atoms in total. The van der Waals surface area contributed by atoms with E-state index in [4.69, 9.17) is 23.2 Å². The second kappa shape index (κ2) is 39.2. The third kappa shape index (κ3) is 20.9. The second-order valence-electron chi connectivity index (χ2n) is 23.5. The summed E-state index contributed by atoms with van der Waals surface area (Å²) in [5, 5.41) is 27.1. The van der Waals surface area contributed by atoms with Gasteiger partial charge in [0.1, 0.15) is 5.15 Å². The van der Waals surface area contributed by atoms with Gasteiger partial charge in [-0.25, -0.2) is 9.78 Å². The smallest absolute Gasteiger partial charge is 0.407 e. The first kappa shape index (κ1) is 74.7. The van der Waals surface area contributed by atoms with E-state index in [1.807, 2.05) is 42.5 Å². The zero-order chi connectivity index (χ0) is 69.9. The molecule has 0 spiro atoms. The third-order valence-electron chi connectivity index (χ3n) is 16.6. The number of carboxylic acid groups (broad SMARTS) is 1. The van der Waals surface area contributed by atoms with Gasteiger partial charge in [0, 0.05) is 44.2 Å². The van der Waals surface area contributed by atoms with Crippen molar-refractivity contribution >= 4 is 141 Å². The number of fused-ring (bicyclic) bond motifs is 1. The average molecular weight is 1540 g/mol. The van der Waals surface area contributed by atoms with Gasteiger partial charge in [-0.15, -0.1) is 0 Å². The number of aromatic nitrogens is 2. The molecule has 0 unspecified atom stereocenters. The topological polar surface area (TPSA) is 58.4 Å². The molecule has 3 heterocycles. The van der Waals surface area contributed by atoms with Crippen LogP contribution < -0.4 is 63.7 Å². The Morgan fingerprint density at radius 3 is 0.835 bits per heavy atom. The Labute approximate surface area is 634 Å².